The first-order valence-corrected chi connectivity index (χ1v) is 14.1. The topological polar surface area (TPSA) is 255 Å². The standard InChI is InChI=1S/C24H26N4O15S/c1-13(42-24(34)43-27-22(32)12-18(23(27)33)44(37,38)39)14-10-16(40-2)17(11-15(14)28(35)36)41-9-3-4-19(29)25-7-8-26-20(30)5-6-21(26)31/h5-6,10-11,13,18H,3-4,7-9,12H2,1-2H3,(H,25,29)(H,37,38,39). The number of nitrogens with one attached hydrogen (secondary N) is 1. The number of imide groups is 2. The van der Waals surface area contributed by atoms with Gasteiger partial charge in [-0.25, -0.2) is 4.79 Å². The van der Waals surface area contributed by atoms with Crippen molar-refractivity contribution in [3.05, 3.63) is 40.0 Å². The molecule has 1 saturated heterocycles. The molecule has 238 valence electrons. The molecule has 0 bridgehead atoms. The number of amides is 5. The van der Waals surface area contributed by atoms with Crippen LogP contribution in [0.5, 0.6) is 11.5 Å². The van der Waals surface area contributed by atoms with Crippen molar-refractivity contribution < 1.29 is 65.7 Å². The normalized spacial score (nSPS) is 17.1. The van der Waals surface area contributed by atoms with Crippen molar-refractivity contribution in [2.24, 2.45) is 0 Å². The molecule has 0 spiro atoms. The Hall–Kier alpha value is -5.11. The van der Waals surface area contributed by atoms with E-state index in [2.05, 4.69) is 10.2 Å². The van der Waals surface area contributed by atoms with Crippen LogP contribution in [0, 0.1) is 10.1 Å². The van der Waals surface area contributed by atoms with Crippen LogP contribution in [0.25, 0.3) is 0 Å². The first kappa shape index (κ1) is 33.4. The molecule has 0 saturated carbocycles. The molecule has 20 heteroatoms. The minimum Gasteiger partial charge on any atom is -0.493 e. The fourth-order valence-corrected chi connectivity index (χ4v) is 4.70. The maximum atomic E-state index is 12.2. The van der Waals surface area contributed by atoms with E-state index in [9.17, 15) is 47.3 Å². The smallest absolute Gasteiger partial charge is 0.493 e. The zero-order valence-electron chi connectivity index (χ0n) is 23.1. The summed E-state index contributed by atoms with van der Waals surface area (Å²) in [6.45, 7) is 1.17. The highest BCUT2D eigenvalue weighted by atomic mass is 32.2. The van der Waals surface area contributed by atoms with Gasteiger partial charge >= 0.3 is 6.16 Å². The van der Waals surface area contributed by atoms with Crippen LogP contribution in [-0.4, -0.2) is 95.6 Å². The molecule has 2 N–H and O–H groups in total. The van der Waals surface area contributed by atoms with E-state index in [-0.39, 0.29) is 54.7 Å². The third kappa shape index (κ3) is 8.04. The number of benzene rings is 1. The van der Waals surface area contributed by atoms with Gasteiger partial charge in [-0.05, 0) is 19.4 Å². The monoisotopic (exact) mass is 642 g/mol. The number of nitro groups is 1. The summed E-state index contributed by atoms with van der Waals surface area (Å²) in [5.41, 5.74) is -0.797. The number of carbonyl (C=O) groups is 6. The molecular weight excluding hydrogens is 616 g/mol. The Morgan fingerprint density at radius 3 is 2.39 bits per heavy atom. The molecule has 0 aliphatic carbocycles. The van der Waals surface area contributed by atoms with E-state index in [1.807, 2.05) is 0 Å². The zero-order valence-corrected chi connectivity index (χ0v) is 23.9. The molecule has 1 aromatic carbocycles. The molecule has 3 rings (SSSR count). The van der Waals surface area contributed by atoms with Gasteiger partial charge in [0.2, 0.25) is 5.91 Å². The van der Waals surface area contributed by atoms with Gasteiger partial charge in [0.1, 0.15) is 6.10 Å². The van der Waals surface area contributed by atoms with E-state index >= 15 is 0 Å². The first-order valence-electron chi connectivity index (χ1n) is 12.6. The van der Waals surface area contributed by atoms with Gasteiger partial charge in [-0.1, -0.05) is 5.06 Å². The fraction of sp³-hybridized carbons (Fsp3) is 0.417. The molecule has 2 heterocycles. The summed E-state index contributed by atoms with van der Waals surface area (Å²) in [5, 5.41) is 12.0. The highest BCUT2D eigenvalue weighted by Crippen LogP contribution is 2.38. The van der Waals surface area contributed by atoms with Crippen LogP contribution in [0.3, 0.4) is 0 Å². The first-order chi connectivity index (χ1) is 20.6. The summed E-state index contributed by atoms with van der Waals surface area (Å²) in [6.07, 6.45) is -1.67. The number of hydrogen-bond acceptors (Lipinski definition) is 14. The van der Waals surface area contributed by atoms with Gasteiger partial charge in [0, 0.05) is 31.7 Å². The molecule has 19 nitrogen and oxygen atoms in total. The summed E-state index contributed by atoms with van der Waals surface area (Å²) in [6, 6.07) is 2.12. The van der Waals surface area contributed by atoms with Crippen molar-refractivity contribution in [3.8, 4) is 11.5 Å². The lowest BCUT2D eigenvalue weighted by Crippen LogP contribution is -2.38. The largest absolute Gasteiger partial charge is 0.534 e. The lowest BCUT2D eigenvalue weighted by atomic mass is 10.1. The lowest BCUT2D eigenvalue weighted by molar-refractivity contribution is -0.386. The maximum absolute atomic E-state index is 12.2. The number of hydrogen-bond donors (Lipinski definition) is 2. The second-order valence-corrected chi connectivity index (χ2v) is 10.7. The Labute approximate surface area is 248 Å². The van der Waals surface area contributed by atoms with Gasteiger partial charge in [-0.15, -0.1) is 0 Å². The average molecular weight is 643 g/mol. The zero-order chi connectivity index (χ0) is 32.8. The Bertz CT molecular complexity index is 1510. The van der Waals surface area contributed by atoms with E-state index in [1.54, 1.807) is 0 Å². The Kier molecular flexibility index (Phi) is 10.6. The second-order valence-electron chi connectivity index (χ2n) is 9.12. The number of rotatable bonds is 14. The number of nitro benzene ring substituents is 1. The van der Waals surface area contributed by atoms with Crippen LogP contribution in [-0.2, 0) is 43.7 Å². The molecule has 2 aliphatic heterocycles. The Morgan fingerprint density at radius 2 is 1.82 bits per heavy atom. The van der Waals surface area contributed by atoms with Crippen LogP contribution in [0.1, 0.15) is 37.9 Å². The van der Waals surface area contributed by atoms with Crippen molar-refractivity contribution in [3.63, 3.8) is 0 Å². The summed E-state index contributed by atoms with van der Waals surface area (Å²) in [5.74, 6) is -4.21. The van der Waals surface area contributed by atoms with E-state index in [4.69, 9.17) is 18.8 Å². The molecule has 0 aromatic heterocycles. The van der Waals surface area contributed by atoms with E-state index in [0.717, 1.165) is 29.2 Å². The summed E-state index contributed by atoms with van der Waals surface area (Å²) >= 11 is 0. The van der Waals surface area contributed by atoms with E-state index < -0.39 is 74.2 Å². The number of hydroxylamine groups is 2. The lowest BCUT2D eigenvalue weighted by Gasteiger charge is -2.18. The highest BCUT2D eigenvalue weighted by molar-refractivity contribution is 7.87. The minimum atomic E-state index is -4.96. The molecule has 0 radical (unpaired) electrons. The molecule has 1 fully saturated rings. The molecule has 2 unspecified atom stereocenters. The third-order valence-corrected chi connectivity index (χ3v) is 7.26. The van der Waals surface area contributed by atoms with Gasteiger partial charge in [0.15, 0.2) is 16.7 Å². The quantitative estimate of drug-likeness (QED) is 0.0673. The maximum Gasteiger partial charge on any atom is 0.534 e. The van der Waals surface area contributed by atoms with Crippen molar-refractivity contribution in [1.82, 2.24) is 15.3 Å². The molecular formula is C24H26N4O15S. The third-order valence-electron chi connectivity index (χ3n) is 6.17. The molecule has 2 aliphatic rings. The predicted molar refractivity (Wildman–Crippen MR) is 141 cm³/mol. The van der Waals surface area contributed by atoms with E-state index in [0.29, 0.717) is 0 Å². The number of ether oxygens (including phenoxy) is 3. The minimum absolute atomic E-state index is 0.00297. The van der Waals surface area contributed by atoms with Crippen LogP contribution < -0.4 is 14.8 Å². The Balaban J connectivity index is 1.56. The number of methoxy groups -OCH3 is 1. The van der Waals surface area contributed by atoms with Crippen LogP contribution in [0.4, 0.5) is 10.5 Å². The van der Waals surface area contributed by atoms with Crippen molar-refractivity contribution in [2.45, 2.75) is 37.5 Å². The van der Waals surface area contributed by atoms with Gasteiger partial charge in [0.25, 0.3) is 39.4 Å². The van der Waals surface area contributed by atoms with Crippen molar-refractivity contribution in [2.75, 3.05) is 26.8 Å². The van der Waals surface area contributed by atoms with Gasteiger partial charge in [-0.3, -0.25) is 48.4 Å². The van der Waals surface area contributed by atoms with Crippen molar-refractivity contribution >= 4 is 51.5 Å². The van der Waals surface area contributed by atoms with Crippen LogP contribution in [0.2, 0.25) is 0 Å². The number of nitrogens with zero attached hydrogens (tertiary/aromatic N) is 3. The van der Waals surface area contributed by atoms with Crippen LogP contribution >= 0.6 is 0 Å². The Morgan fingerprint density at radius 1 is 1.16 bits per heavy atom. The van der Waals surface area contributed by atoms with Gasteiger partial charge in [-0.2, -0.15) is 8.42 Å². The molecule has 1 aromatic rings. The molecule has 44 heavy (non-hydrogen) atoms. The van der Waals surface area contributed by atoms with Gasteiger partial charge < -0.3 is 19.5 Å². The number of carbonyl (C=O) groups excluding carboxylic acids is 6. The molecule has 5 amide bonds. The van der Waals surface area contributed by atoms with E-state index in [1.165, 1.54) is 14.0 Å². The van der Waals surface area contributed by atoms with Crippen molar-refractivity contribution in [1.29, 1.82) is 0 Å². The summed E-state index contributed by atoms with van der Waals surface area (Å²) in [4.78, 5) is 87.7. The predicted octanol–water partition coefficient (Wildman–Crippen LogP) is -0.0519. The summed E-state index contributed by atoms with van der Waals surface area (Å²) in [7, 11) is -3.73. The average Bonchev–Trinajstić information content (AvgIpc) is 3.42. The SMILES string of the molecule is COc1cc(C(C)OC(=O)ON2C(=O)CC(S(=O)(=O)O)C2=O)c([N+](=O)[O-])cc1OCCCC(=O)NCCN1C(=O)C=CC1=O. The second kappa shape index (κ2) is 13.9. The molecule has 2 atom stereocenters. The fourth-order valence-electron chi connectivity index (χ4n) is 4.00. The van der Waals surface area contributed by atoms with Crippen LogP contribution in [0.15, 0.2) is 24.3 Å². The summed E-state index contributed by atoms with van der Waals surface area (Å²) < 4.78 is 47.2. The highest BCUT2D eigenvalue weighted by Gasteiger charge is 2.48. The van der Waals surface area contributed by atoms with Gasteiger partial charge in [0.05, 0.1) is 36.7 Å².